The fourth-order valence-electron chi connectivity index (χ4n) is 3.35. The zero-order valence-corrected chi connectivity index (χ0v) is 17.6. The minimum atomic E-state index is -4.88. The Labute approximate surface area is 191 Å². The summed E-state index contributed by atoms with van der Waals surface area (Å²) in [5.41, 5.74) is 1.89. The van der Waals surface area contributed by atoms with Crippen LogP contribution in [0.3, 0.4) is 0 Å². The van der Waals surface area contributed by atoms with Crippen LogP contribution in [0.5, 0.6) is 0 Å². The van der Waals surface area contributed by atoms with Crippen molar-refractivity contribution in [1.82, 2.24) is 0 Å². The Morgan fingerprint density at radius 3 is 2.03 bits per heavy atom. The van der Waals surface area contributed by atoms with Crippen molar-refractivity contribution in [3.05, 3.63) is 106 Å². The molecule has 0 spiro atoms. The molecule has 0 fully saturated rings. The van der Waals surface area contributed by atoms with Crippen LogP contribution < -0.4 is 0 Å². The number of alkyl halides is 3. The molecule has 0 atom stereocenters. The van der Waals surface area contributed by atoms with Gasteiger partial charge in [0.2, 0.25) is 0 Å². The van der Waals surface area contributed by atoms with Crippen molar-refractivity contribution >= 4 is 10.8 Å². The van der Waals surface area contributed by atoms with E-state index in [0.29, 0.717) is 11.1 Å². The second kappa shape index (κ2) is 9.00. The highest BCUT2D eigenvalue weighted by Gasteiger charge is 2.24. The molecule has 0 unspecified atom stereocenters. The second-order valence-corrected chi connectivity index (χ2v) is 7.54. The van der Waals surface area contributed by atoms with Gasteiger partial charge >= 0.3 is 6.18 Å². The summed E-state index contributed by atoms with van der Waals surface area (Å²) in [4.78, 5) is 0. The molecule has 0 aliphatic carbocycles. The molecule has 0 heterocycles. The fraction of sp³-hybridized carbons (Fsp3) is 0.0714. The van der Waals surface area contributed by atoms with E-state index in [2.05, 4.69) is 11.8 Å². The van der Waals surface area contributed by atoms with Crippen LogP contribution in [0.15, 0.2) is 66.7 Å². The number of halogens is 6. The number of benzene rings is 4. The Morgan fingerprint density at radius 1 is 0.676 bits per heavy atom. The van der Waals surface area contributed by atoms with Gasteiger partial charge in [-0.15, -0.1) is 0 Å². The van der Waals surface area contributed by atoms with E-state index in [4.69, 9.17) is 0 Å². The average Bonchev–Trinajstić information content (AvgIpc) is 2.77. The van der Waals surface area contributed by atoms with E-state index in [-0.39, 0.29) is 16.3 Å². The van der Waals surface area contributed by atoms with E-state index in [9.17, 15) is 26.3 Å². The second-order valence-electron chi connectivity index (χ2n) is 7.54. The predicted octanol–water partition coefficient (Wildman–Crippen LogP) is 7.55. The lowest BCUT2D eigenvalue weighted by atomic mass is 9.98. The Hall–Kier alpha value is -4.16. The normalized spacial score (nSPS) is 10.9. The van der Waals surface area contributed by atoms with E-state index in [0.717, 1.165) is 23.1 Å². The molecule has 0 saturated carbocycles. The van der Waals surface area contributed by atoms with Crippen molar-refractivity contribution < 1.29 is 26.3 Å². The molecule has 0 aliphatic heterocycles. The minimum Gasteiger partial charge on any atom is -0.206 e. The molecule has 0 radical (unpaired) electrons. The predicted molar refractivity (Wildman–Crippen MR) is 119 cm³/mol. The molecule has 4 aromatic rings. The van der Waals surface area contributed by atoms with Gasteiger partial charge < -0.3 is 0 Å². The van der Waals surface area contributed by atoms with Crippen molar-refractivity contribution in [2.45, 2.75) is 13.1 Å². The first-order valence-corrected chi connectivity index (χ1v) is 10.0. The molecule has 6 heteroatoms. The highest BCUT2D eigenvalue weighted by atomic mass is 19.4. The molecule has 0 aromatic heterocycles. The molecule has 0 N–H and O–H groups in total. The number of hydrogen-bond donors (Lipinski definition) is 0. The molecular formula is C28H14F6. The third-order valence-electron chi connectivity index (χ3n) is 5.04. The van der Waals surface area contributed by atoms with Gasteiger partial charge in [-0.05, 0) is 54.3 Å². The van der Waals surface area contributed by atoms with Crippen LogP contribution in [0.25, 0.3) is 21.9 Å². The van der Waals surface area contributed by atoms with Gasteiger partial charge in [-0.25, -0.2) is 13.2 Å². The summed E-state index contributed by atoms with van der Waals surface area (Å²) in [5, 5.41) is -0.0645. The zero-order valence-electron chi connectivity index (χ0n) is 17.6. The summed E-state index contributed by atoms with van der Waals surface area (Å²) in [6.45, 7) is 1.96. The first-order chi connectivity index (χ1) is 16.1. The number of aryl methyl sites for hydroxylation is 1. The number of rotatable bonds is 1. The Balaban J connectivity index is 1.68. The van der Waals surface area contributed by atoms with E-state index in [1.165, 1.54) is 36.3 Å². The van der Waals surface area contributed by atoms with Crippen molar-refractivity contribution in [1.29, 1.82) is 0 Å². The van der Waals surface area contributed by atoms with Gasteiger partial charge in [0.1, 0.15) is 17.5 Å². The van der Waals surface area contributed by atoms with Crippen LogP contribution in [0, 0.1) is 48.1 Å². The van der Waals surface area contributed by atoms with E-state index >= 15 is 0 Å². The molecular weight excluding hydrogens is 450 g/mol. The summed E-state index contributed by atoms with van der Waals surface area (Å²) >= 11 is 0. The van der Waals surface area contributed by atoms with Gasteiger partial charge in [-0.2, -0.15) is 13.2 Å². The molecule has 0 bridgehead atoms. The maximum Gasteiger partial charge on any atom is 0.458 e. The van der Waals surface area contributed by atoms with Crippen molar-refractivity contribution in [3.8, 4) is 34.8 Å². The smallest absolute Gasteiger partial charge is 0.206 e. The highest BCUT2D eigenvalue weighted by molar-refractivity contribution is 5.89. The van der Waals surface area contributed by atoms with Gasteiger partial charge in [0.25, 0.3) is 0 Å². The Bertz CT molecular complexity index is 1520. The third kappa shape index (κ3) is 5.08. The van der Waals surface area contributed by atoms with Crippen molar-refractivity contribution in [2.75, 3.05) is 0 Å². The molecule has 168 valence electrons. The summed E-state index contributed by atoms with van der Waals surface area (Å²) in [6.07, 6.45) is -4.88. The zero-order chi connectivity index (χ0) is 24.5. The molecule has 4 aromatic carbocycles. The minimum absolute atomic E-state index is 0.0627. The lowest BCUT2D eigenvalue weighted by molar-refractivity contribution is -0.0696. The van der Waals surface area contributed by atoms with Crippen molar-refractivity contribution in [2.24, 2.45) is 0 Å². The molecule has 0 aliphatic rings. The topological polar surface area (TPSA) is 0 Å². The number of fused-ring (bicyclic) bond motifs is 1. The van der Waals surface area contributed by atoms with E-state index in [1.807, 2.05) is 31.2 Å². The van der Waals surface area contributed by atoms with Crippen molar-refractivity contribution in [3.63, 3.8) is 0 Å². The standard InChI is InChI=1S/C28H14F6/c1-17-2-4-18(5-3-17)6-7-19-8-10-22(25(29)14-19)20-9-11-23-21(15-20)16-26(30)24(27(23)31)12-13-28(32,33)34/h2-5,8-11,14-16H,1H3. The summed E-state index contributed by atoms with van der Waals surface area (Å²) < 4.78 is 80.6. The molecule has 0 amide bonds. The molecule has 34 heavy (non-hydrogen) atoms. The maximum absolute atomic E-state index is 14.8. The largest absolute Gasteiger partial charge is 0.458 e. The first kappa shape index (κ1) is 23.0. The summed E-state index contributed by atoms with van der Waals surface area (Å²) in [5.74, 6) is 5.19. The Morgan fingerprint density at radius 2 is 1.35 bits per heavy atom. The fourth-order valence-corrected chi connectivity index (χ4v) is 3.35. The Kier molecular flexibility index (Phi) is 6.09. The van der Waals surface area contributed by atoms with Crippen LogP contribution in [0.2, 0.25) is 0 Å². The van der Waals surface area contributed by atoms with E-state index < -0.39 is 29.2 Å². The van der Waals surface area contributed by atoms with Gasteiger partial charge in [-0.3, -0.25) is 0 Å². The lowest BCUT2D eigenvalue weighted by Crippen LogP contribution is -2.02. The third-order valence-corrected chi connectivity index (χ3v) is 5.04. The summed E-state index contributed by atoms with van der Waals surface area (Å²) in [7, 11) is 0. The van der Waals surface area contributed by atoms with Crippen LogP contribution in [-0.2, 0) is 0 Å². The SMILES string of the molecule is Cc1ccc(C#Cc2ccc(-c3ccc4c(F)c(C#CC(F)(F)F)c(F)cc4c3)c(F)c2)cc1. The van der Waals surface area contributed by atoms with E-state index in [1.54, 1.807) is 6.07 Å². The van der Waals surface area contributed by atoms with Crippen LogP contribution in [0.1, 0.15) is 22.3 Å². The summed E-state index contributed by atoms with van der Waals surface area (Å²) in [6, 6.07) is 16.9. The molecule has 4 rings (SSSR count). The lowest BCUT2D eigenvalue weighted by Gasteiger charge is -2.08. The quantitative estimate of drug-likeness (QED) is 0.202. The molecule has 0 nitrogen and oxygen atoms in total. The first-order valence-electron chi connectivity index (χ1n) is 10.0. The average molecular weight is 464 g/mol. The molecule has 0 saturated heterocycles. The van der Waals surface area contributed by atoms with Gasteiger partial charge in [0, 0.05) is 28.0 Å². The number of hydrogen-bond acceptors (Lipinski definition) is 0. The monoisotopic (exact) mass is 464 g/mol. The maximum atomic E-state index is 14.8. The van der Waals surface area contributed by atoms with Crippen LogP contribution in [-0.4, -0.2) is 6.18 Å². The van der Waals surface area contributed by atoms with Gasteiger partial charge in [-0.1, -0.05) is 53.7 Å². The van der Waals surface area contributed by atoms with Crippen LogP contribution >= 0.6 is 0 Å². The van der Waals surface area contributed by atoms with Crippen LogP contribution in [0.4, 0.5) is 26.3 Å². The highest BCUT2D eigenvalue weighted by Crippen LogP contribution is 2.30. The van der Waals surface area contributed by atoms with Gasteiger partial charge in [0.05, 0.1) is 5.56 Å². The van der Waals surface area contributed by atoms with Gasteiger partial charge in [0.15, 0.2) is 0 Å².